The molecule has 1 atom stereocenters. The van der Waals surface area contributed by atoms with Crippen molar-refractivity contribution in [3.8, 4) is 6.07 Å². The first-order valence-corrected chi connectivity index (χ1v) is 6.85. The van der Waals surface area contributed by atoms with Gasteiger partial charge in [-0.25, -0.2) is 13.2 Å². The Balaban J connectivity index is 2.31. The van der Waals surface area contributed by atoms with E-state index in [1.54, 1.807) is 6.07 Å². The molecule has 0 N–H and O–H groups in total. The van der Waals surface area contributed by atoms with Gasteiger partial charge >= 0.3 is 0 Å². The number of hydrogen-bond donors (Lipinski definition) is 0. The Morgan fingerprint density at radius 2 is 1.90 bits per heavy atom. The normalized spacial score (nSPS) is 11.9. The molecule has 0 saturated carbocycles. The molecule has 0 aliphatic rings. The average Bonchev–Trinajstić information content (AvgIpc) is 2.41. The van der Waals surface area contributed by atoms with Gasteiger partial charge in [-0.05, 0) is 18.2 Å². The van der Waals surface area contributed by atoms with Crippen molar-refractivity contribution in [2.45, 2.75) is 10.6 Å². The third kappa shape index (κ3) is 2.89. The minimum absolute atomic E-state index is 0.0473. The fraction of sp³-hybridized carbons (Fsp3) is 0.0714. The Bertz CT molecular complexity index is 725. The smallest absolute Gasteiger partial charge is 0.145 e. The standard InChI is InChI=1S/C14H8F3NOS/c15-11-4-5-13(12(16)6-11)20(19)8-10-3-1-2-9(7-18)14(10)17/h1-6H,8H2. The maximum absolute atomic E-state index is 13.8. The van der Waals surface area contributed by atoms with E-state index in [-0.39, 0.29) is 21.8 Å². The molecule has 0 radical (unpaired) electrons. The fourth-order valence-corrected chi connectivity index (χ4v) is 2.81. The predicted octanol–water partition coefficient (Wildman–Crippen LogP) is 3.28. The molecule has 1 unspecified atom stereocenters. The van der Waals surface area contributed by atoms with Gasteiger partial charge in [0.25, 0.3) is 0 Å². The van der Waals surface area contributed by atoms with Gasteiger partial charge in [-0.1, -0.05) is 12.1 Å². The minimum atomic E-state index is -1.87. The molecule has 0 aromatic heterocycles. The molecule has 2 aromatic rings. The van der Waals surface area contributed by atoms with Crippen LogP contribution in [0.2, 0.25) is 0 Å². The predicted molar refractivity (Wildman–Crippen MR) is 67.6 cm³/mol. The van der Waals surface area contributed by atoms with Crippen LogP contribution in [-0.2, 0) is 16.6 Å². The van der Waals surface area contributed by atoms with Crippen LogP contribution in [0.4, 0.5) is 13.2 Å². The highest BCUT2D eigenvalue weighted by Gasteiger charge is 2.15. The lowest BCUT2D eigenvalue weighted by atomic mass is 10.1. The summed E-state index contributed by atoms with van der Waals surface area (Å²) >= 11 is 0. The first-order valence-electron chi connectivity index (χ1n) is 5.54. The van der Waals surface area contributed by atoms with Gasteiger partial charge in [0.1, 0.15) is 23.5 Å². The highest BCUT2D eigenvalue weighted by molar-refractivity contribution is 7.84. The highest BCUT2D eigenvalue weighted by Crippen LogP contribution is 2.20. The summed E-state index contributed by atoms with van der Waals surface area (Å²) in [6, 6.07) is 8.45. The maximum Gasteiger partial charge on any atom is 0.145 e. The van der Waals surface area contributed by atoms with Crippen LogP contribution in [0.3, 0.4) is 0 Å². The third-order valence-electron chi connectivity index (χ3n) is 2.62. The quantitative estimate of drug-likeness (QED) is 0.872. The van der Waals surface area contributed by atoms with Gasteiger partial charge in [0.2, 0.25) is 0 Å². The van der Waals surface area contributed by atoms with Gasteiger partial charge < -0.3 is 0 Å². The number of halogens is 3. The van der Waals surface area contributed by atoms with Crippen molar-refractivity contribution in [2.24, 2.45) is 0 Å². The zero-order valence-corrected chi connectivity index (χ0v) is 10.9. The lowest BCUT2D eigenvalue weighted by Gasteiger charge is -2.06. The Morgan fingerprint density at radius 1 is 1.15 bits per heavy atom. The lowest BCUT2D eigenvalue weighted by molar-refractivity contribution is 0.561. The van der Waals surface area contributed by atoms with E-state index < -0.39 is 28.3 Å². The summed E-state index contributed by atoms with van der Waals surface area (Å²) in [5.74, 6) is -2.78. The van der Waals surface area contributed by atoms with Crippen molar-refractivity contribution in [1.82, 2.24) is 0 Å². The first-order chi connectivity index (χ1) is 9.52. The summed E-state index contributed by atoms with van der Waals surface area (Å²) < 4.78 is 52.0. The Kier molecular flexibility index (Phi) is 4.20. The second kappa shape index (κ2) is 5.88. The van der Waals surface area contributed by atoms with Gasteiger partial charge in [-0.2, -0.15) is 5.26 Å². The number of nitriles is 1. The molecular weight excluding hydrogens is 287 g/mol. The van der Waals surface area contributed by atoms with Crippen LogP contribution in [0.1, 0.15) is 11.1 Å². The number of nitrogens with zero attached hydrogens (tertiary/aromatic N) is 1. The SMILES string of the molecule is N#Cc1cccc(CS(=O)c2ccc(F)cc2F)c1F. The van der Waals surface area contributed by atoms with E-state index >= 15 is 0 Å². The Hall–Kier alpha value is -2.13. The second-order valence-corrected chi connectivity index (χ2v) is 5.37. The molecule has 20 heavy (non-hydrogen) atoms. The highest BCUT2D eigenvalue weighted by atomic mass is 32.2. The molecule has 0 spiro atoms. The topological polar surface area (TPSA) is 40.9 Å². The zero-order valence-electron chi connectivity index (χ0n) is 10.1. The van der Waals surface area contributed by atoms with Crippen molar-refractivity contribution in [1.29, 1.82) is 5.26 Å². The molecule has 2 aromatic carbocycles. The van der Waals surface area contributed by atoms with Crippen LogP contribution in [-0.4, -0.2) is 4.21 Å². The minimum Gasteiger partial charge on any atom is -0.254 e. The van der Waals surface area contributed by atoms with Gasteiger partial charge in [0.15, 0.2) is 0 Å². The molecule has 2 nitrogen and oxygen atoms in total. The Labute approximate surface area is 115 Å². The summed E-state index contributed by atoms with van der Waals surface area (Å²) in [7, 11) is -1.87. The van der Waals surface area contributed by atoms with E-state index in [0.29, 0.717) is 6.07 Å². The van der Waals surface area contributed by atoms with Gasteiger partial charge in [-0.15, -0.1) is 0 Å². The van der Waals surface area contributed by atoms with Crippen molar-refractivity contribution in [3.05, 3.63) is 65.0 Å². The number of benzene rings is 2. The molecular formula is C14H8F3NOS. The van der Waals surface area contributed by atoms with Crippen LogP contribution >= 0.6 is 0 Å². The molecule has 6 heteroatoms. The maximum atomic E-state index is 13.8. The largest absolute Gasteiger partial charge is 0.254 e. The molecule has 0 bridgehead atoms. The van der Waals surface area contributed by atoms with Crippen molar-refractivity contribution >= 4 is 10.8 Å². The molecule has 0 aliphatic heterocycles. The van der Waals surface area contributed by atoms with E-state index in [9.17, 15) is 17.4 Å². The molecule has 0 saturated heterocycles. The molecule has 0 fully saturated rings. The summed E-state index contributed by atoms with van der Waals surface area (Å²) in [6.45, 7) is 0. The zero-order chi connectivity index (χ0) is 14.7. The molecule has 102 valence electrons. The number of hydrogen-bond acceptors (Lipinski definition) is 2. The van der Waals surface area contributed by atoms with Crippen LogP contribution in [0.15, 0.2) is 41.3 Å². The molecule has 0 amide bonds. The molecule has 0 aliphatic carbocycles. The van der Waals surface area contributed by atoms with Gasteiger partial charge in [0.05, 0.1) is 27.0 Å². The monoisotopic (exact) mass is 295 g/mol. The van der Waals surface area contributed by atoms with Crippen molar-refractivity contribution < 1.29 is 17.4 Å². The van der Waals surface area contributed by atoms with E-state index in [2.05, 4.69) is 0 Å². The van der Waals surface area contributed by atoms with E-state index in [4.69, 9.17) is 5.26 Å². The Morgan fingerprint density at radius 3 is 2.55 bits per heavy atom. The van der Waals surface area contributed by atoms with Crippen LogP contribution in [0.5, 0.6) is 0 Å². The van der Waals surface area contributed by atoms with Gasteiger partial charge in [0, 0.05) is 11.6 Å². The first kappa shape index (κ1) is 14.3. The van der Waals surface area contributed by atoms with E-state index in [0.717, 1.165) is 12.1 Å². The molecule has 2 rings (SSSR count). The van der Waals surface area contributed by atoms with Crippen LogP contribution < -0.4 is 0 Å². The second-order valence-electron chi connectivity index (χ2n) is 3.96. The third-order valence-corrected chi connectivity index (χ3v) is 4.02. The average molecular weight is 295 g/mol. The lowest BCUT2D eigenvalue weighted by Crippen LogP contribution is -2.03. The fourth-order valence-electron chi connectivity index (χ4n) is 1.66. The van der Waals surface area contributed by atoms with Gasteiger partial charge in [-0.3, -0.25) is 4.21 Å². The van der Waals surface area contributed by atoms with Crippen molar-refractivity contribution in [3.63, 3.8) is 0 Å². The van der Waals surface area contributed by atoms with E-state index in [1.165, 1.54) is 18.2 Å². The van der Waals surface area contributed by atoms with E-state index in [1.807, 2.05) is 0 Å². The van der Waals surface area contributed by atoms with Crippen molar-refractivity contribution in [2.75, 3.05) is 0 Å². The van der Waals surface area contributed by atoms with Crippen LogP contribution in [0, 0.1) is 28.8 Å². The summed E-state index contributed by atoms with van der Waals surface area (Å²) in [6.07, 6.45) is 0. The number of rotatable bonds is 3. The van der Waals surface area contributed by atoms with Crippen LogP contribution in [0.25, 0.3) is 0 Å². The summed E-state index contributed by atoms with van der Waals surface area (Å²) in [4.78, 5) is -0.201. The summed E-state index contributed by atoms with van der Waals surface area (Å²) in [5.41, 5.74) is -0.120. The summed E-state index contributed by atoms with van der Waals surface area (Å²) in [5, 5.41) is 8.70. The molecule has 0 heterocycles.